The third-order valence-corrected chi connectivity index (χ3v) is 3.32. The van der Waals surface area contributed by atoms with E-state index in [2.05, 4.69) is 20.6 Å². The smallest absolute Gasteiger partial charge is 0.270 e. The van der Waals surface area contributed by atoms with E-state index < -0.39 is 0 Å². The van der Waals surface area contributed by atoms with Crippen molar-refractivity contribution in [2.45, 2.75) is 25.4 Å². The van der Waals surface area contributed by atoms with Gasteiger partial charge in [-0.15, -0.1) is 0 Å². The van der Waals surface area contributed by atoms with Crippen LogP contribution in [0.3, 0.4) is 0 Å². The molecule has 0 saturated heterocycles. The Kier molecular flexibility index (Phi) is 4.09. The lowest BCUT2D eigenvalue weighted by Gasteiger charge is -2.06. The van der Waals surface area contributed by atoms with Crippen molar-refractivity contribution in [1.82, 2.24) is 20.6 Å². The zero-order valence-corrected chi connectivity index (χ0v) is 12.0. The van der Waals surface area contributed by atoms with Gasteiger partial charge < -0.3 is 10.6 Å². The highest BCUT2D eigenvalue weighted by Crippen LogP contribution is 2.19. The maximum absolute atomic E-state index is 12.1. The van der Waals surface area contributed by atoms with Crippen LogP contribution in [-0.4, -0.2) is 27.8 Å². The number of carbonyl (C=O) groups excluding carboxylic acids is 2. The molecule has 0 spiro atoms. The van der Waals surface area contributed by atoms with Crippen molar-refractivity contribution in [2.75, 3.05) is 0 Å². The predicted molar refractivity (Wildman–Crippen MR) is 80.1 cm³/mol. The Morgan fingerprint density at radius 2 is 1.95 bits per heavy atom. The van der Waals surface area contributed by atoms with Crippen LogP contribution < -0.4 is 10.6 Å². The molecule has 0 aliphatic heterocycles. The van der Waals surface area contributed by atoms with Crippen LogP contribution in [0.15, 0.2) is 42.7 Å². The summed E-state index contributed by atoms with van der Waals surface area (Å²) in [5, 5.41) is 5.62. The van der Waals surface area contributed by atoms with Gasteiger partial charge in [-0.05, 0) is 37.1 Å². The minimum absolute atomic E-state index is 0.163. The van der Waals surface area contributed by atoms with E-state index in [1.807, 2.05) is 18.2 Å². The van der Waals surface area contributed by atoms with Crippen LogP contribution in [0.2, 0.25) is 0 Å². The fourth-order valence-electron chi connectivity index (χ4n) is 1.96. The highest BCUT2D eigenvalue weighted by molar-refractivity contribution is 5.98. The zero-order valence-electron chi connectivity index (χ0n) is 12.0. The van der Waals surface area contributed by atoms with Crippen LogP contribution in [0.1, 0.15) is 39.4 Å². The largest absolute Gasteiger partial charge is 0.349 e. The van der Waals surface area contributed by atoms with Gasteiger partial charge in [0.25, 0.3) is 11.8 Å². The molecule has 3 rings (SSSR count). The molecule has 6 heteroatoms. The molecule has 2 amide bonds. The third kappa shape index (κ3) is 3.66. The molecule has 0 radical (unpaired) electrons. The number of nitrogens with zero attached hydrogens (tertiary/aromatic N) is 2. The van der Waals surface area contributed by atoms with Crippen LogP contribution in [0, 0.1) is 0 Å². The number of hydrogen-bond acceptors (Lipinski definition) is 4. The van der Waals surface area contributed by atoms with Gasteiger partial charge in [-0.2, -0.15) is 0 Å². The normalized spacial score (nSPS) is 13.5. The molecule has 6 nitrogen and oxygen atoms in total. The van der Waals surface area contributed by atoms with Crippen LogP contribution >= 0.6 is 0 Å². The summed E-state index contributed by atoms with van der Waals surface area (Å²) >= 11 is 0. The topological polar surface area (TPSA) is 84.0 Å². The second-order valence-electron chi connectivity index (χ2n) is 5.18. The van der Waals surface area contributed by atoms with E-state index in [1.165, 1.54) is 12.3 Å². The summed E-state index contributed by atoms with van der Waals surface area (Å²) < 4.78 is 0. The molecular formula is C16H16N4O2. The average molecular weight is 296 g/mol. The summed E-state index contributed by atoms with van der Waals surface area (Å²) in [6.07, 6.45) is 5.18. The van der Waals surface area contributed by atoms with Crippen molar-refractivity contribution in [3.8, 4) is 0 Å². The minimum atomic E-state index is -0.327. The molecule has 22 heavy (non-hydrogen) atoms. The number of hydrogen-bond donors (Lipinski definition) is 2. The van der Waals surface area contributed by atoms with Gasteiger partial charge in [0.05, 0.1) is 12.2 Å². The highest BCUT2D eigenvalue weighted by Gasteiger charge is 2.24. The Morgan fingerprint density at radius 1 is 1.09 bits per heavy atom. The van der Waals surface area contributed by atoms with Gasteiger partial charge in [0.1, 0.15) is 5.69 Å². The lowest BCUT2D eigenvalue weighted by Crippen LogP contribution is -2.27. The molecule has 0 unspecified atom stereocenters. The molecule has 0 aromatic carbocycles. The number of nitrogens with one attached hydrogen (secondary N) is 2. The van der Waals surface area contributed by atoms with Gasteiger partial charge in [-0.1, -0.05) is 6.07 Å². The van der Waals surface area contributed by atoms with Gasteiger partial charge in [-0.3, -0.25) is 19.6 Å². The quantitative estimate of drug-likeness (QED) is 0.871. The van der Waals surface area contributed by atoms with E-state index in [9.17, 15) is 9.59 Å². The van der Waals surface area contributed by atoms with Gasteiger partial charge >= 0.3 is 0 Å². The maximum Gasteiger partial charge on any atom is 0.270 e. The molecule has 1 aliphatic rings. The third-order valence-electron chi connectivity index (χ3n) is 3.32. The zero-order chi connectivity index (χ0) is 15.4. The molecule has 2 aromatic rings. The first-order valence-corrected chi connectivity index (χ1v) is 7.17. The Morgan fingerprint density at radius 3 is 2.68 bits per heavy atom. The van der Waals surface area contributed by atoms with Crippen LogP contribution in [-0.2, 0) is 6.54 Å². The first-order valence-electron chi connectivity index (χ1n) is 7.17. The minimum Gasteiger partial charge on any atom is -0.349 e. The summed E-state index contributed by atoms with van der Waals surface area (Å²) in [5.74, 6) is -0.490. The fraction of sp³-hybridized carbons (Fsp3) is 0.250. The predicted octanol–water partition coefficient (Wildman–Crippen LogP) is 1.30. The molecule has 1 fully saturated rings. The SMILES string of the molecule is O=C(NC1CC1)c1ccnc(C(=O)NCc2ccccn2)c1. The van der Waals surface area contributed by atoms with Gasteiger partial charge in [0.15, 0.2) is 0 Å². The summed E-state index contributed by atoms with van der Waals surface area (Å²) in [4.78, 5) is 32.2. The summed E-state index contributed by atoms with van der Waals surface area (Å²) in [5.41, 5.74) is 1.43. The van der Waals surface area contributed by atoms with Gasteiger partial charge in [-0.25, -0.2) is 0 Å². The van der Waals surface area contributed by atoms with E-state index in [4.69, 9.17) is 0 Å². The second kappa shape index (κ2) is 6.34. The standard InChI is InChI=1S/C16H16N4O2/c21-15(20-12-4-5-12)11-6-8-18-14(9-11)16(22)19-10-13-3-1-2-7-17-13/h1-3,6-9,12H,4-5,10H2,(H,19,22)(H,20,21). The first kappa shape index (κ1) is 14.2. The molecule has 0 bridgehead atoms. The van der Waals surface area contributed by atoms with E-state index in [1.54, 1.807) is 12.3 Å². The van der Waals surface area contributed by atoms with Crippen LogP contribution in [0.25, 0.3) is 0 Å². The van der Waals surface area contributed by atoms with E-state index >= 15 is 0 Å². The van der Waals surface area contributed by atoms with Crippen LogP contribution in [0.4, 0.5) is 0 Å². The van der Waals surface area contributed by atoms with Crippen LogP contribution in [0.5, 0.6) is 0 Å². The number of aromatic nitrogens is 2. The fourth-order valence-corrected chi connectivity index (χ4v) is 1.96. The lowest BCUT2D eigenvalue weighted by molar-refractivity contribution is 0.0945. The Labute approximate surface area is 128 Å². The Hall–Kier alpha value is -2.76. The maximum atomic E-state index is 12.1. The molecule has 1 saturated carbocycles. The van der Waals surface area contributed by atoms with Gasteiger partial charge in [0, 0.05) is 24.0 Å². The molecular weight excluding hydrogens is 280 g/mol. The lowest BCUT2D eigenvalue weighted by atomic mass is 10.2. The van der Waals surface area contributed by atoms with E-state index in [-0.39, 0.29) is 23.6 Å². The summed E-state index contributed by atoms with van der Waals surface area (Å²) in [6.45, 7) is 0.319. The van der Waals surface area contributed by atoms with Gasteiger partial charge in [0.2, 0.25) is 0 Å². The van der Waals surface area contributed by atoms with E-state index in [0.717, 1.165) is 18.5 Å². The van der Waals surface area contributed by atoms with Crippen molar-refractivity contribution in [1.29, 1.82) is 0 Å². The first-order chi connectivity index (χ1) is 10.7. The van der Waals surface area contributed by atoms with Crippen molar-refractivity contribution in [2.24, 2.45) is 0 Å². The van der Waals surface area contributed by atoms with Crippen molar-refractivity contribution in [3.63, 3.8) is 0 Å². The van der Waals surface area contributed by atoms with Crippen molar-refractivity contribution < 1.29 is 9.59 Å². The molecule has 2 N–H and O–H groups in total. The molecule has 112 valence electrons. The number of pyridine rings is 2. The molecule has 0 atom stereocenters. The van der Waals surface area contributed by atoms with Crippen molar-refractivity contribution in [3.05, 3.63) is 59.7 Å². The van der Waals surface area contributed by atoms with E-state index in [0.29, 0.717) is 12.1 Å². The number of carbonyl (C=O) groups is 2. The summed E-state index contributed by atoms with van der Waals surface area (Å²) in [6, 6.07) is 8.89. The monoisotopic (exact) mass is 296 g/mol. The van der Waals surface area contributed by atoms with Crippen molar-refractivity contribution >= 4 is 11.8 Å². The number of amides is 2. The molecule has 1 aliphatic carbocycles. The average Bonchev–Trinajstić information content (AvgIpc) is 3.37. The Balaban J connectivity index is 1.63. The second-order valence-corrected chi connectivity index (χ2v) is 5.18. The molecule has 2 heterocycles. The summed E-state index contributed by atoms with van der Waals surface area (Å²) in [7, 11) is 0. The molecule has 2 aromatic heterocycles. The number of rotatable bonds is 5. The highest BCUT2D eigenvalue weighted by atomic mass is 16.2. The Bertz CT molecular complexity index is 684.